The molecule has 192 valence electrons. The number of unbranched alkanes of at least 4 members (excludes halogenated alkanes) is 1. The molecule has 13 heteroatoms. The van der Waals surface area contributed by atoms with Gasteiger partial charge in [0.25, 0.3) is 5.56 Å². The zero-order valence-electron chi connectivity index (χ0n) is 19.8. The van der Waals surface area contributed by atoms with Crippen LogP contribution in [0.4, 0.5) is 18.9 Å². The van der Waals surface area contributed by atoms with Gasteiger partial charge in [0.1, 0.15) is 23.4 Å². The van der Waals surface area contributed by atoms with E-state index in [1.165, 1.54) is 27.8 Å². The largest absolute Gasteiger partial charge is 0.389 e. The van der Waals surface area contributed by atoms with Crippen molar-refractivity contribution in [2.75, 3.05) is 19.4 Å². The van der Waals surface area contributed by atoms with Crippen molar-refractivity contribution in [3.05, 3.63) is 58.7 Å². The summed E-state index contributed by atoms with van der Waals surface area (Å²) in [4.78, 5) is 53.1. The fourth-order valence-electron chi connectivity index (χ4n) is 3.29. The Kier molecular flexibility index (Phi) is 8.56. The molecule has 36 heavy (non-hydrogen) atoms. The lowest BCUT2D eigenvalue weighted by Gasteiger charge is -2.08. The number of carbonyl (C=O) groups excluding carboxylic acids is 2. The summed E-state index contributed by atoms with van der Waals surface area (Å²) in [6, 6.07) is 3.07. The number of imidazole rings is 1. The first-order valence-electron chi connectivity index (χ1n) is 11.2. The molecule has 0 radical (unpaired) electrons. The maximum Gasteiger partial charge on any atom is 0.389 e. The highest BCUT2D eigenvalue weighted by atomic mass is 19.4. The van der Waals surface area contributed by atoms with Crippen molar-refractivity contribution in [2.24, 2.45) is 0 Å². The van der Waals surface area contributed by atoms with Gasteiger partial charge in [0.15, 0.2) is 5.65 Å². The number of nitrogens with one attached hydrogen (secondary N) is 2. The van der Waals surface area contributed by atoms with Gasteiger partial charge in [0, 0.05) is 39.6 Å². The van der Waals surface area contributed by atoms with E-state index in [0.717, 1.165) is 6.33 Å². The Morgan fingerprint density at radius 1 is 1.25 bits per heavy atom. The number of halogens is 3. The number of hydrogen-bond donors (Lipinski definition) is 2. The first kappa shape index (κ1) is 26.6. The average Bonchev–Trinajstić information content (AvgIpc) is 3.22. The molecule has 3 aromatic rings. The predicted octanol–water partition coefficient (Wildman–Crippen LogP) is 2.81. The van der Waals surface area contributed by atoms with Gasteiger partial charge in [-0.05, 0) is 31.1 Å². The van der Waals surface area contributed by atoms with E-state index in [4.69, 9.17) is 0 Å². The van der Waals surface area contributed by atoms with Crippen LogP contribution < -0.4 is 10.9 Å². The number of fused-ring (bicyclic) bond motifs is 1. The van der Waals surface area contributed by atoms with Gasteiger partial charge in [-0.2, -0.15) is 13.2 Å². The number of rotatable bonds is 10. The fraction of sp³-hybridized carbons (Fsp3) is 0.391. The van der Waals surface area contributed by atoms with Crippen LogP contribution in [0.2, 0.25) is 0 Å². The molecule has 2 N–H and O–H groups in total. The number of pyridine rings is 1. The van der Waals surface area contributed by atoms with E-state index in [2.05, 4.69) is 25.3 Å². The number of hydrogen-bond acceptors (Lipinski definition) is 6. The van der Waals surface area contributed by atoms with Crippen molar-refractivity contribution < 1.29 is 22.8 Å². The molecule has 0 aliphatic carbocycles. The van der Waals surface area contributed by atoms with Gasteiger partial charge in [0.05, 0.1) is 12.2 Å². The van der Waals surface area contributed by atoms with Crippen LogP contribution in [0.15, 0.2) is 41.6 Å². The van der Waals surface area contributed by atoms with Crippen LogP contribution in [0.1, 0.15) is 37.2 Å². The monoisotopic (exact) mass is 505 g/mol. The van der Waals surface area contributed by atoms with Gasteiger partial charge in [-0.15, -0.1) is 0 Å². The highest BCUT2D eigenvalue weighted by molar-refractivity contribution is 5.90. The molecule has 0 saturated heterocycles. The number of amides is 2. The normalized spacial score (nSPS) is 11.8. The van der Waals surface area contributed by atoms with Crippen LogP contribution in [-0.2, 0) is 22.6 Å². The fourth-order valence-corrected chi connectivity index (χ4v) is 3.29. The Morgan fingerprint density at radius 2 is 2.03 bits per heavy atom. The van der Waals surface area contributed by atoms with Gasteiger partial charge < -0.3 is 19.8 Å². The van der Waals surface area contributed by atoms with E-state index in [0.29, 0.717) is 18.7 Å². The molecule has 10 nitrogen and oxygen atoms in total. The lowest BCUT2D eigenvalue weighted by Crippen LogP contribution is -2.26. The molecule has 0 spiro atoms. The molecule has 2 amide bonds. The SMILES string of the molecule is CN(C)C(=O)/C=C/CCCC(=O)Nc1cccn(Cc2nc3ncnc(CCC(F)(F)F)c3[nH]2)c1=O. The first-order chi connectivity index (χ1) is 17.0. The Balaban J connectivity index is 1.63. The Hall–Kier alpha value is -4.03. The molecule has 0 aromatic carbocycles. The average molecular weight is 506 g/mol. The van der Waals surface area contributed by atoms with Crippen LogP contribution in [-0.4, -0.2) is 61.5 Å². The van der Waals surface area contributed by atoms with Crippen molar-refractivity contribution in [1.29, 1.82) is 0 Å². The number of allylic oxidation sites excluding steroid dienone is 1. The number of likely N-dealkylation sites (N-methyl/N-ethyl adjacent to an activating group) is 1. The van der Waals surface area contributed by atoms with Crippen LogP contribution in [0.25, 0.3) is 11.2 Å². The minimum absolute atomic E-state index is 0.0116. The Bertz CT molecular complexity index is 1310. The molecule has 3 heterocycles. The molecule has 0 atom stereocenters. The van der Waals surface area contributed by atoms with Crippen molar-refractivity contribution in [1.82, 2.24) is 29.4 Å². The quantitative estimate of drug-likeness (QED) is 0.322. The smallest absolute Gasteiger partial charge is 0.345 e. The lowest BCUT2D eigenvalue weighted by atomic mass is 10.2. The number of H-pyrrole nitrogens is 1. The summed E-state index contributed by atoms with van der Waals surface area (Å²) in [5.74, 6) is -0.174. The van der Waals surface area contributed by atoms with Crippen molar-refractivity contribution in [3.8, 4) is 0 Å². The number of aromatic amines is 1. The summed E-state index contributed by atoms with van der Waals surface area (Å²) in [6.45, 7) is -0.0116. The minimum atomic E-state index is -4.32. The summed E-state index contributed by atoms with van der Waals surface area (Å²) in [7, 11) is 3.29. The number of carbonyl (C=O) groups is 2. The molecule has 3 rings (SSSR count). The molecular weight excluding hydrogens is 479 g/mol. The summed E-state index contributed by atoms with van der Waals surface area (Å²) in [5, 5.41) is 2.59. The van der Waals surface area contributed by atoms with E-state index in [1.54, 1.807) is 26.2 Å². The van der Waals surface area contributed by atoms with Crippen molar-refractivity contribution in [3.63, 3.8) is 0 Å². The van der Waals surface area contributed by atoms with Crippen LogP contribution >= 0.6 is 0 Å². The number of aromatic nitrogens is 5. The van der Waals surface area contributed by atoms with E-state index in [9.17, 15) is 27.6 Å². The number of anilines is 1. The first-order valence-corrected chi connectivity index (χ1v) is 11.2. The van der Waals surface area contributed by atoms with Crippen LogP contribution in [0.5, 0.6) is 0 Å². The van der Waals surface area contributed by atoms with E-state index < -0.39 is 18.2 Å². The van der Waals surface area contributed by atoms with Gasteiger partial charge in [0.2, 0.25) is 11.8 Å². The Labute approximate surface area is 204 Å². The maximum absolute atomic E-state index is 12.8. The summed E-state index contributed by atoms with van der Waals surface area (Å²) in [6.07, 6.45) is 1.32. The topological polar surface area (TPSA) is 126 Å². The molecule has 3 aromatic heterocycles. The molecule has 0 fully saturated rings. The molecule has 0 saturated carbocycles. The Morgan fingerprint density at radius 3 is 2.75 bits per heavy atom. The summed E-state index contributed by atoms with van der Waals surface area (Å²) in [5.41, 5.74) is 0.297. The minimum Gasteiger partial charge on any atom is -0.345 e. The second kappa shape index (κ2) is 11.6. The maximum atomic E-state index is 12.8. The highest BCUT2D eigenvalue weighted by Gasteiger charge is 2.27. The molecule has 0 aliphatic heterocycles. The molecule has 0 aliphatic rings. The molecular formula is C23H26F3N7O3. The van der Waals surface area contributed by atoms with Gasteiger partial charge in [-0.25, -0.2) is 15.0 Å². The van der Waals surface area contributed by atoms with Crippen LogP contribution in [0.3, 0.4) is 0 Å². The van der Waals surface area contributed by atoms with Crippen molar-refractivity contribution in [2.45, 2.75) is 44.8 Å². The van der Waals surface area contributed by atoms with Gasteiger partial charge in [-0.1, -0.05) is 6.08 Å². The number of aryl methyl sites for hydroxylation is 1. The standard InChI is InChI=1S/C23H26F3N7O3/c1-32(2)19(35)9-5-3-4-8-18(34)29-16-7-6-12-33(22(16)36)13-17-30-20-15(10-11-23(24,25)26)27-14-28-21(20)31-17/h5-7,9,12,14H,3-4,8,10-11,13H2,1-2H3,(H,29,34)(H,27,28,30,31)/b9-5+. The van der Waals surface area contributed by atoms with E-state index >= 15 is 0 Å². The zero-order valence-corrected chi connectivity index (χ0v) is 19.8. The zero-order chi connectivity index (χ0) is 26.3. The van der Waals surface area contributed by atoms with Gasteiger partial charge in [-0.3, -0.25) is 14.4 Å². The molecule has 0 bridgehead atoms. The predicted molar refractivity (Wildman–Crippen MR) is 126 cm³/mol. The van der Waals surface area contributed by atoms with Gasteiger partial charge >= 0.3 is 6.18 Å². The molecule has 0 unspecified atom stereocenters. The third kappa shape index (κ3) is 7.48. The summed E-state index contributed by atoms with van der Waals surface area (Å²) >= 11 is 0. The third-order valence-electron chi connectivity index (χ3n) is 5.15. The third-order valence-corrected chi connectivity index (χ3v) is 5.15. The van der Waals surface area contributed by atoms with E-state index in [1.807, 2.05) is 0 Å². The highest BCUT2D eigenvalue weighted by Crippen LogP contribution is 2.23. The second-order valence-corrected chi connectivity index (χ2v) is 8.25. The van der Waals surface area contributed by atoms with Crippen LogP contribution in [0, 0.1) is 0 Å². The lowest BCUT2D eigenvalue weighted by molar-refractivity contribution is -0.134. The number of alkyl halides is 3. The van der Waals surface area contributed by atoms with Crippen molar-refractivity contribution >= 4 is 28.7 Å². The second-order valence-electron chi connectivity index (χ2n) is 8.25. The number of nitrogens with zero attached hydrogens (tertiary/aromatic N) is 5. The van der Waals surface area contributed by atoms with E-state index in [-0.39, 0.29) is 53.7 Å². The summed E-state index contributed by atoms with van der Waals surface area (Å²) < 4.78 is 39.1.